The van der Waals surface area contributed by atoms with E-state index in [9.17, 15) is 4.79 Å². The van der Waals surface area contributed by atoms with Gasteiger partial charge in [0.1, 0.15) is 5.41 Å². The van der Waals surface area contributed by atoms with Gasteiger partial charge in [-0.05, 0) is 35.6 Å². The molecule has 4 rings (SSSR count). The van der Waals surface area contributed by atoms with E-state index in [2.05, 4.69) is 53.6 Å². The SMILES string of the molecule is CCCNC(=O)C1(C/C=C/c2ccccc2)c2ccccc2-c2ncccc21. The smallest absolute Gasteiger partial charge is 0.235 e. The number of hydrogen-bond donors (Lipinski definition) is 1. The molecule has 28 heavy (non-hydrogen) atoms. The number of nitrogens with one attached hydrogen (secondary N) is 1. The van der Waals surface area contributed by atoms with Crippen LogP contribution in [-0.4, -0.2) is 17.4 Å². The zero-order chi connectivity index (χ0) is 19.4. The van der Waals surface area contributed by atoms with Crippen molar-refractivity contribution in [1.29, 1.82) is 0 Å². The van der Waals surface area contributed by atoms with Crippen molar-refractivity contribution >= 4 is 12.0 Å². The number of amides is 1. The summed E-state index contributed by atoms with van der Waals surface area (Å²) in [6.07, 6.45) is 7.50. The van der Waals surface area contributed by atoms with Crippen LogP contribution >= 0.6 is 0 Å². The van der Waals surface area contributed by atoms with Crippen LogP contribution in [0.4, 0.5) is 0 Å². The van der Waals surface area contributed by atoms with Crippen molar-refractivity contribution in [2.75, 3.05) is 6.54 Å². The average Bonchev–Trinajstić information content (AvgIpc) is 3.04. The summed E-state index contributed by atoms with van der Waals surface area (Å²) in [5, 5.41) is 3.14. The number of carbonyl (C=O) groups is 1. The number of hydrogen-bond acceptors (Lipinski definition) is 2. The van der Waals surface area contributed by atoms with Crippen molar-refractivity contribution in [3.8, 4) is 11.3 Å². The van der Waals surface area contributed by atoms with E-state index in [1.807, 2.05) is 42.5 Å². The molecule has 1 unspecified atom stereocenters. The fourth-order valence-corrected chi connectivity index (χ4v) is 4.05. The average molecular weight is 368 g/mol. The predicted octanol–water partition coefficient (Wildman–Crippen LogP) is 4.98. The molecule has 0 radical (unpaired) electrons. The van der Waals surface area contributed by atoms with Crippen molar-refractivity contribution in [3.63, 3.8) is 0 Å². The van der Waals surface area contributed by atoms with Crippen molar-refractivity contribution in [3.05, 3.63) is 95.7 Å². The Kier molecular flexibility index (Phi) is 5.07. The minimum Gasteiger partial charge on any atom is -0.355 e. The van der Waals surface area contributed by atoms with Crippen LogP contribution in [0.5, 0.6) is 0 Å². The van der Waals surface area contributed by atoms with Crippen LogP contribution in [0.25, 0.3) is 17.3 Å². The van der Waals surface area contributed by atoms with E-state index in [-0.39, 0.29) is 5.91 Å². The van der Waals surface area contributed by atoms with Crippen LogP contribution in [0.3, 0.4) is 0 Å². The Balaban J connectivity index is 1.82. The Morgan fingerprint density at radius 2 is 1.75 bits per heavy atom. The number of allylic oxidation sites excluding steroid dienone is 1. The van der Waals surface area contributed by atoms with Crippen LogP contribution in [-0.2, 0) is 10.2 Å². The molecule has 1 aromatic heterocycles. The summed E-state index contributed by atoms with van der Waals surface area (Å²) >= 11 is 0. The minimum atomic E-state index is -0.749. The number of aromatic nitrogens is 1. The van der Waals surface area contributed by atoms with Crippen LogP contribution in [0.1, 0.15) is 36.5 Å². The van der Waals surface area contributed by atoms with E-state index in [0.717, 1.165) is 34.4 Å². The molecule has 1 aliphatic carbocycles. The first-order valence-corrected chi connectivity index (χ1v) is 9.82. The maximum Gasteiger partial charge on any atom is 0.235 e. The van der Waals surface area contributed by atoms with Gasteiger partial charge in [-0.1, -0.05) is 79.7 Å². The molecule has 1 heterocycles. The summed E-state index contributed by atoms with van der Waals surface area (Å²) < 4.78 is 0. The molecule has 3 nitrogen and oxygen atoms in total. The molecule has 3 aromatic rings. The Bertz CT molecular complexity index is 962. The van der Waals surface area contributed by atoms with Gasteiger partial charge in [-0.25, -0.2) is 0 Å². The Labute approximate surface area is 166 Å². The van der Waals surface area contributed by atoms with E-state index >= 15 is 0 Å². The van der Waals surface area contributed by atoms with Gasteiger partial charge in [0.25, 0.3) is 0 Å². The number of fused-ring (bicyclic) bond motifs is 3. The summed E-state index contributed by atoms with van der Waals surface area (Å²) in [4.78, 5) is 18.1. The molecule has 0 fully saturated rings. The number of nitrogens with zero attached hydrogens (tertiary/aromatic N) is 1. The monoisotopic (exact) mass is 368 g/mol. The lowest BCUT2D eigenvalue weighted by atomic mass is 9.74. The van der Waals surface area contributed by atoms with Gasteiger partial charge in [-0.3, -0.25) is 9.78 Å². The first kappa shape index (κ1) is 18.2. The fraction of sp³-hybridized carbons (Fsp3) is 0.200. The van der Waals surface area contributed by atoms with Gasteiger partial charge in [0.2, 0.25) is 5.91 Å². The highest BCUT2D eigenvalue weighted by Gasteiger charge is 2.48. The van der Waals surface area contributed by atoms with Gasteiger partial charge < -0.3 is 5.32 Å². The van der Waals surface area contributed by atoms with Gasteiger partial charge in [-0.2, -0.15) is 0 Å². The van der Waals surface area contributed by atoms with E-state index in [4.69, 9.17) is 0 Å². The van der Waals surface area contributed by atoms with Crippen LogP contribution in [0.15, 0.2) is 79.0 Å². The zero-order valence-corrected chi connectivity index (χ0v) is 16.1. The second-order valence-corrected chi connectivity index (χ2v) is 7.12. The van der Waals surface area contributed by atoms with E-state index in [1.54, 1.807) is 6.20 Å². The number of pyridine rings is 1. The van der Waals surface area contributed by atoms with E-state index in [1.165, 1.54) is 0 Å². The first-order valence-electron chi connectivity index (χ1n) is 9.82. The van der Waals surface area contributed by atoms with Gasteiger partial charge in [0, 0.05) is 18.3 Å². The predicted molar refractivity (Wildman–Crippen MR) is 114 cm³/mol. The summed E-state index contributed by atoms with van der Waals surface area (Å²) in [6.45, 7) is 2.74. The largest absolute Gasteiger partial charge is 0.355 e. The lowest BCUT2D eigenvalue weighted by Crippen LogP contribution is -2.44. The normalized spacial score (nSPS) is 17.3. The molecule has 1 amide bonds. The summed E-state index contributed by atoms with van der Waals surface area (Å²) in [5.74, 6) is 0.0475. The summed E-state index contributed by atoms with van der Waals surface area (Å²) in [7, 11) is 0. The van der Waals surface area contributed by atoms with Crippen LogP contribution < -0.4 is 5.32 Å². The van der Waals surface area contributed by atoms with Gasteiger partial charge in [-0.15, -0.1) is 0 Å². The number of rotatable bonds is 6. The van der Waals surface area contributed by atoms with Crippen LogP contribution in [0.2, 0.25) is 0 Å². The maximum absolute atomic E-state index is 13.5. The number of benzene rings is 2. The molecule has 3 heteroatoms. The highest BCUT2D eigenvalue weighted by Crippen LogP contribution is 2.50. The molecule has 0 bridgehead atoms. The molecule has 1 N–H and O–H groups in total. The third-order valence-corrected chi connectivity index (χ3v) is 5.37. The second-order valence-electron chi connectivity index (χ2n) is 7.12. The summed E-state index contributed by atoms with van der Waals surface area (Å²) in [6, 6.07) is 22.3. The number of carbonyl (C=O) groups excluding carboxylic acids is 1. The third kappa shape index (κ3) is 3.03. The second kappa shape index (κ2) is 7.81. The molecule has 0 saturated carbocycles. The van der Waals surface area contributed by atoms with Crippen molar-refractivity contribution in [1.82, 2.24) is 10.3 Å². The Morgan fingerprint density at radius 3 is 2.57 bits per heavy atom. The lowest BCUT2D eigenvalue weighted by molar-refractivity contribution is -0.125. The van der Waals surface area contributed by atoms with Crippen molar-refractivity contribution in [2.24, 2.45) is 0 Å². The molecule has 0 aliphatic heterocycles. The van der Waals surface area contributed by atoms with Crippen molar-refractivity contribution in [2.45, 2.75) is 25.2 Å². The Morgan fingerprint density at radius 1 is 1.00 bits per heavy atom. The quantitative estimate of drug-likeness (QED) is 0.667. The molecule has 0 spiro atoms. The third-order valence-electron chi connectivity index (χ3n) is 5.37. The standard InChI is InChI=1S/C25H24N2O/c1-2-17-27-24(28)25(16-8-12-19-10-4-3-5-11-19)21-14-7-6-13-20(21)23-22(25)15-9-18-26-23/h3-15,18H,2,16-17H2,1H3,(H,27,28)/b12-8+. The van der Waals surface area contributed by atoms with Gasteiger partial charge in [0.05, 0.1) is 5.69 Å². The Hall–Kier alpha value is -3.20. The zero-order valence-electron chi connectivity index (χ0n) is 16.1. The molecule has 1 atom stereocenters. The maximum atomic E-state index is 13.5. The van der Waals surface area contributed by atoms with Gasteiger partial charge >= 0.3 is 0 Å². The molecule has 2 aromatic carbocycles. The van der Waals surface area contributed by atoms with E-state index in [0.29, 0.717) is 13.0 Å². The van der Waals surface area contributed by atoms with Gasteiger partial charge in [0.15, 0.2) is 0 Å². The minimum absolute atomic E-state index is 0.0475. The summed E-state index contributed by atoms with van der Waals surface area (Å²) in [5.41, 5.74) is 4.37. The lowest BCUT2D eigenvalue weighted by Gasteiger charge is -2.29. The first-order chi connectivity index (χ1) is 13.8. The highest BCUT2D eigenvalue weighted by atomic mass is 16.2. The van der Waals surface area contributed by atoms with E-state index < -0.39 is 5.41 Å². The molecule has 1 aliphatic rings. The van der Waals surface area contributed by atoms with Crippen molar-refractivity contribution < 1.29 is 4.79 Å². The molecule has 140 valence electrons. The van der Waals surface area contributed by atoms with Crippen LogP contribution in [0, 0.1) is 0 Å². The molecular weight excluding hydrogens is 344 g/mol. The molecular formula is C25H24N2O. The fourth-order valence-electron chi connectivity index (χ4n) is 4.05. The highest BCUT2D eigenvalue weighted by molar-refractivity contribution is 6.00. The topological polar surface area (TPSA) is 42.0 Å². The molecule has 0 saturated heterocycles.